The molecule has 0 heterocycles. The van der Waals surface area contributed by atoms with Crippen LogP contribution in [-0.2, 0) is 14.8 Å². The first-order chi connectivity index (χ1) is 16.3. The number of hydrogen-bond donors (Lipinski definition) is 2. The van der Waals surface area contributed by atoms with Crippen molar-refractivity contribution in [3.05, 3.63) is 78.4 Å². The fraction of sp³-hybridized carbons (Fsp3) is 0.240. The van der Waals surface area contributed by atoms with Crippen LogP contribution in [0.2, 0.25) is 0 Å². The highest BCUT2D eigenvalue weighted by molar-refractivity contribution is 7.92. The van der Waals surface area contributed by atoms with Gasteiger partial charge in [0.15, 0.2) is 6.61 Å². The van der Waals surface area contributed by atoms with Crippen LogP contribution in [0, 0.1) is 0 Å². The lowest BCUT2D eigenvalue weighted by Crippen LogP contribution is -2.31. The Bertz CT molecular complexity index is 1190. The van der Waals surface area contributed by atoms with Crippen molar-refractivity contribution in [1.29, 1.82) is 0 Å². The molecule has 0 radical (unpaired) electrons. The Morgan fingerprint density at radius 3 is 2.18 bits per heavy atom. The van der Waals surface area contributed by atoms with E-state index in [9.17, 15) is 13.2 Å². The van der Waals surface area contributed by atoms with Gasteiger partial charge in [-0.3, -0.25) is 9.52 Å². The van der Waals surface area contributed by atoms with E-state index >= 15 is 0 Å². The fourth-order valence-electron chi connectivity index (χ4n) is 3.25. The van der Waals surface area contributed by atoms with Crippen molar-refractivity contribution in [3.63, 3.8) is 0 Å². The second kappa shape index (κ2) is 11.4. The van der Waals surface area contributed by atoms with Gasteiger partial charge in [-0.05, 0) is 68.4 Å². The summed E-state index contributed by atoms with van der Waals surface area (Å²) in [5, 5.41) is 2.86. The van der Waals surface area contributed by atoms with Gasteiger partial charge in [-0.1, -0.05) is 18.2 Å². The Morgan fingerprint density at radius 2 is 1.53 bits per heavy atom. The molecule has 3 rings (SSSR count). The van der Waals surface area contributed by atoms with Crippen molar-refractivity contribution < 1.29 is 27.4 Å². The lowest BCUT2D eigenvalue weighted by molar-refractivity contribution is -0.123. The van der Waals surface area contributed by atoms with Crippen LogP contribution in [0.3, 0.4) is 0 Å². The zero-order valence-corrected chi connectivity index (χ0v) is 20.1. The number of nitrogens with one attached hydrogen (secondary N) is 2. The van der Waals surface area contributed by atoms with Gasteiger partial charge in [0.25, 0.3) is 15.9 Å². The minimum absolute atomic E-state index is 0.0722. The van der Waals surface area contributed by atoms with E-state index in [1.54, 1.807) is 31.4 Å². The smallest absolute Gasteiger partial charge is 0.261 e. The predicted molar refractivity (Wildman–Crippen MR) is 130 cm³/mol. The summed E-state index contributed by atoms with van der Waals surface area (Å²) in [7, 11) is -2.20. The number of carbonyl (C=O) groups excluding carboxylic acids is 1. The number of anilines is 1. The number of ether oxygens (including phenoxy) is 3. The summed E-state index contributed by atoms with van der Waals surface area (Å²) in [5.41, 5.74) is 1.28. The molecule has 0 fully saturated rings. The Hall–Kier alpha value is -3.72. The molecule has 1 amide bonds. The Labute approximate surface area is 199 Å². The summed E-state index contributed by atoms with van der Waals surface area (Å²) >= 11 is 0. The maximum atomic E-state index is 12.6. The summed E-state index contributed by atoms with van der Waals surface area (Å²) < 4.78 is 44.0. The van der Waals surface area contributed by atoms with Crippen LogP contribution < -0.4 is 24.2 Å². The highest BCUT2D eigenvalue weighted by Crippen LogP contribution is 2.24. The molecular weight excluding hydrogens is 456 g/mol. The van der Waals surface area contributed by atoms with E-state index in [0.717, 1.165) is 5.56 Å². The third-order valence-corrected chi connectivity index (χ3v) is 6.30. The molecule has 0 bridgehead atoms. The van der Waals surface area contributed by atoms with E-state index in [4.69, 9.17) is 14.2 Å². The summed E-state index contributed by atoms with van der Waals surface area (Å²) in [5.74, 6) is 1.41. The highest BCUT2D eigenvalue weighted by Gasteiger charge is 2.16. The monoisotopic (exact) mass is 484 g/mol. The van der Waals surface area contributed by atoms with Crippen LogP contribution >= 0.6 is 0 Å². The van der Waals surface area contributed by atoms with Gasteiger partial charge < -0.3 is 19.5 Å². The number of sulfonamides is 1. The molecule has 0 aromatic heterocycles. The molecule has 180 valence electrons. The van der Waals surface area contributed by atoms with Crippen LogP contribution in [0.1, 0.15) is 25.5 Å². The van der Waals surface area contributed by atoms with E-state index in [2.05, 4.69) is 10.0 Å². The van der Waals surface area contributed by atoms with Crippen LogP contribution in [0.15, 0.2) is 77.7 Å². The molecule has 0 unspecified atom stereocenters. The molecule has 3 aromatic carbocycles. The van der Waals surface area contributed by atoms with Crippen molar-refractivity contribution in [3.8, 4) is 17.2 Å². The largest absolute Gasteiger partial charge is 0.496 e. The van der Waals surface area contributed by atoms with Crippen LogP contribution in [-0.4, -0.2) is 34.6 Å². The maximum Gasteiger partial charge on any atom is 0.261 e. The van der Waals surface area contributed by atoms with Gasteiger partial charge in [0.05, 0.1) is 24.7 Å². The first kappa shape index (κ1) is 24.9. The van der Waals surface area contributed by atoms with E-state index < -0.39 is 10.0 Å². The van der Waals surface area contributed by atoms with E-state index in [1.807, 2.05) is 38.1 Å². The molecule has 34 heavy (non-hydrogen) atoms. The van der Waals surface area contributed by atoms with Crippen molar-refractivity contribution in [2.75, 3.05) is 25.0 Å². The zero-order valence-electron chi connectivity index (χ0n) is 19.3. The topological polar surface area (TPSA) is 103 Å². The third-order valence-electron chi connectivity index (χ3n) is 4.90. The van der Waals surface area contributed by atoms with Crippen molar-refractivity contribution in [2.24, 2.45) is 0 Å². The molecule has 0 spiro atoms. The number of hydrogen-bond acceptors (Lipinski definition) is 6. The Morgan fingerprint density at radius 1 is 0.912 bits per heavy atom. The van der Waals surface area contributed by atoms with E-state index in [0.29, 0.717) is 29.5 Å². The van der Waals surface area contributed by atoms with Gasteiger partial charge >= 0.3 is 0 Å². The normalized spacial score (nSPS) is 11.9. The van der Waals surface area contributed by atoms with E-state index in [-0.39, 0.29) is 23.5 Å². The maximum absolute atomic E-state index is 12.6. The summed E-state index contributed by atoms with van der Waals surface area (Å²) in [6.07, 6.45) is 0. The van der Waals surface area contributed by atoms with Gasteiger partial charge in [0.1, 0.15) is 17.2 Å². The summed E-state index contributed by atoms with van der Waals surface area (Å²) in [4.78, 5) is 12.4. The molecule has 1 atom stereocenters. The lowest BCUT2D eigenvalue weighted by atomic mass is 10.1. The third kappa shape index (κ3) is 6.64. The second-order valence-electron chi connectivity index (χ2n) is 7.35. The predicted octanol–water partition coefficient (Wildman–Crippen LogP) is 4.15. The zero-order chi connectivity index (χ0) is 24.6. The molecule has 3 aromatic rings. The first-order valence-electron chi connectivity index (χ1n) is 10.7. The number of methoxy groups -OCH3 is 1. The number of rotatable bonds is 11. The molecule has 0 aliphatic heterocycles. The molecule has 8 nitrogen and oxygen atoms in total. The minimum Gasteiger partial charge on any atom is -0.496 e. The highest BCUT2D eigenvalue weighted by atomic mass is 32.2. The summed E-state index contributed by atoms with van der Waals surface area (Å²) in [6, 6.07) is 19.7. The van der Waals surface area contributed by atoms with Crippen LogP contribution in [0.5, 0.6) is 17.2 Å². The minimum atomic E-state index is -3.78. The SMILES string of the molecule is CCOc1ccc(NS(=O)(=O)c2ccc(OCC(=O)N[C@H](C)c3ccccc3OC)cc2)cc1. The Kier molecular flexibility index (Phi) is 8.37. The summed E-state index contributed by atoms with van der Waals surface area (Å²) in [6.45, 7) is 4.05. The molecule has 0 aliphatic carbocycles. The van der Waals surface area contributed by atoms with Crippen molar-refractivity contribution in [1.82, 2.24) is 5.32 Å². The molecule has 0 saturated carbocycles. The Balaban J connectivity index is 1.55. The number of para-hydroxylation sites is 1. The van der Waals surface area contributed by atoms with Gasteiger partial charge in [-0.2, -0.15) is 0 Å². The first-order valence-corrected chi connectivity index (χ1v) is 12.2. The number of carbonyl (C=O) groups is 1. The average molecular weight is 485 g/mol. The van der Waals surface area contributed by atoms with Crippen LogP contribution in [0.25, 0.3) is 0 Å². The number of amides is 1. The van der Waals surface area contributed by atoms with Crippen molar-refractivity contribution in [2.45, 2.75) is 24.8 Å². The molecule has 0 aliphatic rings. The number of benzene rings is 3. The average Bonchev–Trinajstić information content (AvgIpc) is 2.84. The standard InChI is InChI=1S/C25H28N2O6S/c1-4-32-20-11-9-19(10-12-20)27-34(29,30)22-15-13-21(14-16-22)33-17-25(28)26-18(2)23-7-5-6-8-24(23)31-3/h5-16,18,27H,4,17H2,1-3H3,(H,26,28)/t18-/m1/s1. The van der Waals surface area contributed by atoms with Gasteiger partial charge in [-0.15, -0.1) is 0 Å². The molecule has 2 N–H and O–H groups in total. The fourth-order valence-corrected chi connectivity index (χ4v) is 4.31. The molecule has 0 saturated heterocycles. The van der Waals surface area contributed by atoms with Crippen molar-refractivity contribution >= 4 is 21.6 Å². The van der Waals surface area contributed by atoms with Gasteiger partial charge in [0.2, 0.25) is 0 Å². The van der Waals surface area contributed by atoms with Gasteiger partial charge in [-0.25, -0.2) is 8.42 Å². The van der Waals surface area contributed by atoms with Crippen LogP contribution in [0.4, 0.5) is 5.69 Å². The van der Waals surface area contributed by atoms with E-state index in [1.165, 1.54) is 24.3 Å². The molecule has 9 heteroatoms. The lowest BCUT2D eigenvalue weighted by Gasteiger charge is -2.17. The molecular formula is C25H28N2O6S. The quantitative estimate of drug-likeness (QED) is 0.424. The van der Waals surface area contributed by atoms with Gasteiger partial charge in [0, 0.05) is 11.3 Å². The second-order valence-corrected chi connectivity index (χ2v) is 9.04.